The van der Waals surface area contributed by atoms with E-state index in [9.17, 15) is 0 Å². The third-order valence-corrected chi connectivity index (χ3v) is 3.16. The Hall–Kier alpha value is -2.92. The van der Waals surface area contributed by atoms with Gasteiger partial charge in [0.05, 0.1) is 17.1 Å². The van der Waals surface area contributed by atoms with Gasteiger partial charge in [-0.15, -0.1) is 10.2 Å². The van der Waals surface area contributed by atoms with Gasteiger partial charge in [0.2, 0.25) is 0 Å². The maximum atomic E-state index is 9.13. The molecular weight excluding hydrogens is 276 g/mol. The number of fused-ring (bicyclic) bond motifs is 1. The topological polar surface area (TPSA) is 107 Å². The molecule has 3 heterocycles. The average molecular weight is 282 g/mol. The number of nitrogens with zero attached hydrogens (tertiary/aromatic N) is 6. The molecule has 0 aromatic carbocycles. The molecule has 0 saturated heterocycles. The zero-order valence-corrected chi connectivity index (χ0v) is 10.7. The van der Waals surface area contributed by atoms with Crippen LogP contribution in [0, 0.1) is 11.3 Å². The summed E-state index contributed by atoms with van der Waals surface area (Å²) in [6, 6.07) is 6.71. The first-order valence-electron chi connectivity index (χ1n) is 5.48. The van der Waals surface area contributed by atoms with Gasteiger partial charge < -0.3 is 5.11 Å². The third-order valence-electron chi connectivity index (χ3n) is 2.42. The van der Waals surface area contributed by atoms with Crippen LogP contribution < -0.4 is 0 Å². The summed E-state index contributed by atoms with van der Waals surface area (Å²) < 4.78 is 4.13. The van der Waals surface area contributed by atoms with Crippen molar-refractivity contribution in [2.45, 2.75) is 0 Å². The zero-order valence-electron chi connectivity index (χ0n) is 9.93. The van der Waals surface area contributed by atoms with Crippen LogP contribution in [-0.2, 0) is 0 Å². The highest BCUT2D eigenvalue weighted by atomic mass is 32.1. The lowest BCUT2D eigenvalue weighted by molar-refractivity contribution is 0.473. The predicted molar refractivity (Wildman–Crippen MR) is 72.2 cm³/mol. The van der Waals surface area contributed by atoms with E-state index in [1.54, 1.807) is 12.1 Å². The second-order valence-electron chi connectivity index (χ2n) is 3.77. The fraction of sp³-hybridized carbons (Fsp3) is 0. The van der Waals surface area contributed by atoms with Crippen molar-refractivity contribution in [2.75, 3.05) is 0 Å². The molecule has 20 heavy (non-hydrogen) atoms. The van der Waals surface area contributed by atoms with Crippen molar-refractivity contribution in [3.8, 4) is 11.8 Å². The summed E-state index contributed by atoms with van der Waals surface area (Å²) in [6.45, 7) is 0. The monoisotopic (exact) mass is 282 g/mol. The van der Waals surface area contributed by atoms with Crippen molar-refractivity contribution in [3.63, 3.8) is 0 Å². The Morgan fingerprint density at radius 1 is 1.20 bits per heavy atom. The lowest BCUT2D eigenvalue weighted by Gasteiger charge is -1.92. The van der Waals surface area contributed by atoms with Crippen LogP contribution in [0.3, 0.4) is 0 Å². The Labute approximate surface area is 117 Å². The minimum atomic E-state index is 0.0649. The Balaban J connectivity index is 1.98. The molecule has 7 nitrogen and oxygen atoms in total. The molecule has 0 unspecified atom stereocenters. The quantitative estimate of drug-likeness (QED) is 0.726. The number of hydrogen-bond acceptors (Lipinski definition) is 8. The SMILES string of the molecule is N#Cc1cnc2nsc(/N=N/c3ccc(O)cn3)c2c1. The zero-order chi connectivity index (χ0) is 13.9. The molecule has 0 bridgehead atoms. The summed E-state index contributed by atoms with van der Waals surface area (Å²) in [5.74, 6) is 0.434. The standard InChI is InChI=1S/C12H6N6OS/c13-4-7-3-9-11(15-5-7)18-20-12(9)17-16-10-2-1-8(19)6-14-10/h1-3,5-6,19H/b17-16+. The summed E-state index contributed by atoms with van der Waals surface area (Å²) in [5.41, 5.74) is 0.971. The molecular formula is C12H6N6OS. The van der Waals surface area contributed by atoms with E-state index in [4.69, 9.17) is 10.4 Å². The van der Waals surface area contributed by atoms with Gasteiger partial charge in [0.1, 0.15) is 11.8 Å². The van der Waals surface area contributed by atoms with E-state index >= 15 is 0 Å². The average Bonchev–Trinajstić information content (AvgIpc) is 2.89. The van der Waals surface area contributed by atoms with Crippen molar-refractivity contribution in [3.05, 3.63) is 36.2 Å². The molecule has 3 aromatic rings. The van der Waals surface area contributed by atoms with E-state index in [0.29, 0.717) is 27.4 Å². The molecule has 0 aliphatic rings. The van der Waals surface area contributed by atoms with Crippen molar-refractivity contribution in [2.24, 2.45) is 10.2 Å². The number of aromatic hydroxyl groups is 1. The molecule has 0 radical (unpaired) electrons. The number of aromatic nitrogens is 3. The highest BCUT2D eigenvalue weighted by molar-refractivity contribution is 7.11. The van der Waals surface area contributed by atoms with E-state index in [1.807, 2.05) is 6.07 Å². The molecule has 1 N–H and O–H groups in total. The van der Waals surface area contributed by atoms with E-state index < -0.39 is 0 Å². The van der Waals surface area contributed by atoms with Crippen LogP contribution in [0.2, 0.25) is 0 Å². The summed E-state index contributed by atoms with van der Waals surface area (Å²) >= 11 is 1.14. The minimum Gasteiger partial charge on any atom is -0.506 e. The second-order valence-corrected chi connectivity index (χ2v) is 4.52. The van der Waals surface area contributed by atoms with Crippen molar-refractivity contribution >= 4 is 33.4 Å². The van der Waals surface area contributed by atoms with Crippen LogP contribution in [0.5, 0.6) is 5.75 Å². The van der Waals surface area contributed by atoms with E-state index in [1.165, 1.54) is 18.5 Å². The van der Waals surface area contributed by atoms with Gasteiger partial charge in [0.25, 0.3) is 0 Å². The third kappa shape index (κ3) is 2.30. The van der Waals surface area contributed by atoms with Gasteiger partial charge in [0, 0.05) is 6.20 Å². The number of rotatable bonds is 2. The Morgan fingerprint density at radius 2 is 2.10 bits per heavy atom. The lowest BCUT2D eigenvalue weighted by Crippen LogP contribution is -1.78. The summed E-state index contributed by atoms with van der Waals surface area (Å²) in [4.78, 5) is 7.96. The molecule has 0 spiro atoms. The highest BCUT2D eigenvalue weighted by Crippen LogP contribution is 2.31. The molecule has 3 rings (SSSR count). The molecule has 0 saturated carbocycles. The van der Waals surface area contributed by atoms with E-state index in [-0.39, 0.29) is 5.75 Å². The van der Waals surface area contributed by atoms with Crippen LogP contribution in [-0.4, -0.2) is 19.4 Å². The summed E-state index contributed by atoms with van der Waals surface area (Å²) in [6.07, 6.45) is 2.75. The fourth-order valence-electron chi connectivity index (χ4n) is 1.49. The molecule has 0 fully saturated rings. The Kier molecular flexibility index (Phi) is 3.02. The van der Waals surface area contributed by atoms with Crippen LogP contribution in [0.25, 0.3) is 11.0 Å². The predicted octanol–water partition coefficient (Wildman–Crippen LogP) is 3.08. The summed E-state index contributed by atoms with van der Waals surface area (Å²) in [7, 11) is 0. The van der Waals surface area contributed by atoms with Crippen LogP contribution in [0.4, 0.5) is 10.8 Å². The van der Waals surface area contributed by atoms with E-state index in [2.05, 4.69) is 24.6 Å². The lowest BCUT2D eigenvalue weighted by atomic mass is 10.2. The number of azo groups is 1. The number of nitriles is 1. The molecule has 0 amide bonds. The maximum Gasteiger partial charge on any atom is 0.175 e. The fourth-order valence-corrected chi connectivity index (χ4v) is 2.13. The van der Waals surface area contributed by atoms with Gasteiger partial charge in [-0.3, -0.25) is 0 Å². The maximum absolute atomic E-state index is 9.13. The molecule has 0 aliphatic heterocycles. The van der Waals surface area contributed by atoms with Crippen molar-refractivity contribution < 1.29 is 5.11 Å². The largest absolute Gasteiger partial charge is 0.506 e. The normalized spacial score (nSPS) is 10.9. The van der Waals surface area contributed by atoms with Crippen molar-refractivity contribution in [1.82, 2.24) is 14.3 Å². The van der Waals surface area contributed by atoms with Crippen LogP contribution in [0.15, 0.2) is 40.8 Å². The Bertz CT molecular complexity index is 833. The first-order valence-corrected chi connectivity index (χ1v) is 6.26. The Morgan fingerprint density at radius 3 is 2.85 bits per heavy atom. The first kappa shape index (κ1) is 12.1. The van der Waals surface area contributed by atoms with Gasteiger partial charge in [0.15, 0.2) is 16.5 Å². The number of hydrogen-bond donors (Lipinski definition) is 1. The highest BCUT2D eigenvalue weighted by Gasteiger charge is 2.07. The smallest absolute Gasteiger partial charge is 0.175 e. The van der Waals surface area contributed by atoms with Gasteiger partial charge in [-0.25, -0.2) is 9.97 Å². The van der Waals surface area contributed by atoms with Gasteiger partial charge >= 0.3 is 0 Å². The second kappa shape index (κ2) is 4.99. The van der Waals surface area contributed by atoms with Crippen LogP contribution in [0.1, 0.15) is 5.56 Å². The van der Waals surface area contributed by atoms with Crippen molar-refractivity contribution in [1.29, 1.82) is 5.26 Å². The van der Waals surface area contributed by atoms with Gasteiger partial charge in [-0.2, -0.15) is 9.64 Å². The van der Waals surface area contributed by atoms with Gasteiger partial charge in [-0.05, 0) is 29.7 Å². The van der Waals surface area contributed by atoms with Gasteiger partial charge in [-0.1, -0.05) is 0 Å². The molecule has 0 aliphatic carbocycles. The molecule has 8 heteroatoms. The first-order chi connectivity index (χ1) is 9.76. The van der Waals surface area contributed by atoms with E-state index in [0.717, 1.165) is 11.5 Å². The minimum absolute atomic E-state index is 0.0649. The molecule has 96 valence electrons. The van der Waals surface area contributed by atoms with Crippen LogP contribution >= 0.6 is 11.5 Å². The summed E-state index contributed by atoms with van der Waals surface area (Å²) in [5, 5.41) is 27.2. The molecule has 0 atom stereocenters. The molecule has 3 aromatic heterocycles. The number of pyridine rings is 2.